The van der Waals surface area contributed by atoms with Crippen molar-refractivity contribution in [3.05, 3.63) is 27.7 Å². The third-order valence-electron chi connectivity index (χ3n) is 1.61. The minimum Gasteiger partial charge on any atom is -0.398 e. The molecule has 0 saturated heterocycles. The van der Waals surface area contributed by atoms with Crippen LogP contribution in [0.4, 0.5) is 5.69 Å². The van der Waals surface area contributed by atoms with Crippen LogP contribution in [0.5, 0.6) is 0 Å². The van der Waals surface area contributed by atoms with Gasteiger partial charge in [-0.15, -0.1) is 0 Å². The van der Waals surface area contributed by atoms with Crippen LogP contribution in [0.25, 0.3) is 0 Å². The largest absolute Gasteiger partial charge is 0.398 e. The summed E-state index contributed by atoms with van der Waals surface area (Å²) in [5.41, 5.74) is 7.41. The molecule has 13 heavy (non-hydrogen) atoms. The predicted octanol–water partition coefficient (Wildman–Crippen LogP) is 1.97. The Labute approximate surface area is 84.5 Å². The molecule has 0 aliphatic heterocycles. The molecular weight excluding hydrogens is 230 g/mol. The van der Waals surface area contributed by atoms with Crippen LogP contribution in [0.15, 0.2) is 16.6 Å². The summed E-state index contributed by atoms with van der Waals surface area (Å²) in [4.78, 5) is 0. The highest BCUT2D eigenvalue weighted by molar-refractivity contribution is 9.10. The van der Waals surface area contributed by atoms with Gasteiger partial charge in [0.2, 0.25) is 0 Å². The Bertz CT molecular complexity index is 412. The summed E-state index contributed by atoms with van der Waals surface area (Å²) in [6, 6.07) is 7.26. The summed E-state index contributed by atoms with van der Waals surface area (Å²) in [5, 5.41) is 17.1. The van der Waals surface area contributed by atoms with Crippen LogP contribution >= 0.6 is 15.9 Å². The summed E-state index contributed by atoms with van der Waals surface area (Å²) in [7, 11) is 0. The first-order chi connectivity index (χ1) is 6.19. The molecule has 0 unspecified atom stereocenters. The number of anilines is 1. The van der Waals surface area contributed by atoms with E-state index < -0.39 is 0 Å². The second kappa shape index (κ2) is 3.93. The number of halogens is 1. The zero-order chi connectivity index (χ0) is 9.84. The van der Waals surface area contributed by atoms with Gasteiger partial charge in [-0.3, -0.25) is 0 Å². The molecule has 1 aromatic rings. The third kappa shape index (κ3) is 1.99. The Morgan fingerprint density at radius 3 is 2.62 bits per heavy atom. The van der Waals surface area contributed by atoms with Crippen LogP contribution in [-0.4, -0.2) is 0 Å². The minimum absolute atomic E-state index is 0.222. The van der Waals surface area contributed by atoms with Gasteiger partial charge in [0.1, 0.15) is 0 Å². The van der Waals surface area contributed by atoms with Crippen LogP contribution in [0.2, 0.25) is 0 Å². The van der Waals surface area contributed by atoms with Crippen LogP contribution in [0.1, 0.15) is 11.1 Å². The molecule has 0 amide bonds. The van der Waals surface area contributed by atoms with Crippen molar-refractivity contribution in [1.29, 1.82) is 10.5 Å². The first-order valence-corrected chi connectivity index (χ1v) is 4.33. The van der Waals surface area contributed by atoms with E-state index in [1.807, 2.05) is 12.1 Å². The Kier molecular flexibility index (Phi) is 2.89. The number of hydrogen-bond acceptors (Lipinski definition) is 3. The molecule has 0 radical (unpaired) electrons. The Morgan fingerprint density at radius 2 is 2.08 bits per heavy atom. The first-order valence-electron chi connectivity index (χ1n) is 3.54. The van der Waals surface area contributed by atoms with Gasteiger partial charge in [-0.25, -0.2) is 0 Å². The van der Waals surface area contributed by atoms with Gasteiger partial charge in [0, 0.05) is 4.47 Å². The van der Waals surface area contributed by atoms with E-state index in [1.54, 1.807) is 12.1 Å². The quantitative estimate of drug-likeness (QED) is 0.757. The van der Waals surface area contributed by atoms with Crippen LogP contribution in [0, 0.1) is 22.7 Å². The van der Waals surface area contributed by atoms with Crippen molar-refractivity contribution in [3.63, 3.8) is 0 Å². The second-order valence-corrected chi connectivity index (χ2v) is 3.33. The van der Waals surface area contributed by atoms with E-state index in [0.29, 0.717) is 21.3 Å². The summed E-state index contributed by atoms with van der Waals surface area (Å²) >= 11 is 3.22. The van der Waals surface area contributed by atoms with E-state index >= 15 is 0 Å². The zero-order valence-corrected chi connectivity index (χ0v) is 8.30. The molecule has 0 aliphatic rings. The molecule has 1 rings (SSSR count). The number of nitrogens with two attached hydrogens (primary N) is 1. The molecule has 0 bridgehead atoms. The maximum absolute atomic E-state index is 8.65. The maximum atomic E-state index is 8.65. The highest BCUT2D eigenvalue weighted by atomic mass is 79.9. The molecule has 0 fully saturated rings. The van der Waals surface area contributed by atoms with Gasteiger partial charge in [0.25, 0.3) is 0 Å². The predicted molar refractivity (Wildman–Crippen MR) is 52.6 cm³/mol. The number of benzene rings is 1. The molecule has 64 valence electrons. The minimum atomic E-state index is 0.222. The Hall–Kier alpha value is -1.52. The average molecular weight is 236 g/mol. The third-order valence-corrected chi connectivity index (χ3v) is 2.27. The molecule has 2 N–H and O–H groups in total. The lowest BCUT2D eigenvalue weighted by atomic mass is 10.1. The van der Waals surface area contributed by atoms with E-state index in [2.05, 4.69) is 15.9 Å². The fraction of sp³-hybridized carbons (Fsp3) is 0.111. The zero-order valence-electron chi connectivity index (χ0n) is 6.71. The molecule has 0 aromatic heterocycles. The molecular formula is C9H6BrN3. The average Bonchev–Trinajstić information content (AvgIpc) is 2.13. The van der Waals surface area contributed by atoms with Gasteiger partial charge >= 0.3 is 0 Å². The lowest BCUT2D eigenvalue weighted by Gasteiger charge is -2.04. The first kappa shape index (κ1) is 9.57. The van der Waals surface area contributed by atoms with E-state index in [9.17, 15) is 0 Å². The summed E-state index contributed by atoms with van der Waals surface area (Å²) in [6.07, 6.45) is 0.222. The Morgan fingerprint density at radius 1 is 1.38 bits per heavy atom. The molecule has 0 heterocycles. The van der Waals surface area contributed by atoms with Gasteiger partial charge in [-0.2, -0.15) is 10.5 Å². The summed E-state index contributed by atoms with van der Waals surface area (Å²) < 4.78 is 0.664. The van der Waals surface area contributed by atoms with Crippen molar-refractivity contribution in [2.45, 2.75) is 6.42 Å². The smallest absolute Gasteiger partial charge is 0.0992 e. The molecule has 3 nitrogen and oxygen atoms in total. The summed E-state index contributed by atoms with van der Waals surface area (Å²) in [5.74, 6) is 0. The molecule has 0 spiro atoms. The number of nitriles is 2. The van der Waals surface area contributed by atoms with Crippen LogP contribution in [0.3, 0.4) is 0 Å². The number of rotatable bonds is 1. The van der Waals surface area contributed by atoms with E-state index in [1.165, 1.54) is 0 Å². The van der Waals surface area contributed by atoms with Crippen molar-refractivity contribution in [2.24, 2.45) is 0 Å². The fourth-order valence-corrected chi connectivity index (χ4v) is 1.47. The van der Waals surface area contributed by atoms with Crippen molar-refractivity contribution < 1.29 is 0 Å². The summed E-state index contributed by atoms with van der Waals surface area (Å²) in [6.45, 7) is 0. The van der Waals surface area contributed by atoms with Gasteiger partial charge in [-0.1, -0.05) is 0 Å². The van der Waals surface area contributed by atoms with Gasteiger partial charge in [0.15, 0.2) is 0 Å². The molecule has 1 aromatic carbocycles. The van der Waals surface area contributed by atoms with Gasteiger partial charge < -0.3 is 5.73 Å². The van der Waals surface area contributed by atoms with Crippen molar-refractivity contribution in [2.75, 3.05) is 5.73 Å². The van der Waals surface area contributed by atoms with Crippen LogP contribution < -0.4 is 5.73 Å². The number of nitrogens with zero attached hydrogens (tertiary/aromatic N) is 2. The highest BCUT2D eigenvalue weighted by Gasteiger charge is 2.05. The monoisotopic (exact) mass is 235 g/mol. The second-order valence-electron chi connectivity index (χ2n) is 2.48. The fourth-order valence-electron chi connectivity index (χ4n) is 0.971. The Balaban J connectivity index is 3.28. The van der Waals surface area contributed by atoms with Crippen LogP contribution in [-0.2, 0) is 6.42 Å². The van der Waals surface area contributed by atoms with Gasteiger partial charge in [-0.05, 0) is 33.6 Å². The molecule has 0 atom stereocenters. The molecule has 0 aliphatic carbocycles. The van der Waals surface area contributed by atoms with Gasteiger partial charge in [0.05, 0.1) is 29.8 Å². The lowest BCUT2D eigenvalue weighted by Crippen LogP contribution is -1.95. The van der Waals surface area contributed by atoms with Crippen molar-refractivity contribution in [3.8, 4) is 12.1 Å². The highest BCUT2D eigenvalue weighted by Crippen LogP contribution is 2.25. The van der Waals surface area contributed by atoms with E-state index in [4.69, 9.17) is 16.3 Å². The number of hydrogen-bond donors (Lipinski definition) is 1. The molecule has 4 heteroatoms. The normalized spacial score (nSPS) is 8.85. The standard InChI is InChI=1S/C9H6BrN3/c10-8-4-6(5-12)3-7(1-2-11)9(8)13/h3-4H,1,13H2. The maximum Gasteiger partial charge on any atom is 0.0992 e. The SMILES string of the molecule is N#CCc1cc(C#N)cc(Br)c1N. The topological polar surface area (TPSA) is 73.6 Å². The van der Waals surface area contributed by atoms with E-state index in [-0.39, 0.29) is 6.42 Å². The number of nitrogen functional groups attached to an aromatic ring is 1. The molecule has 0 saturated carbocycles. The van der Waals surface area contributed by atoms with Crippen molar-refractivity contribution in [1.82, 2.24) is 0 Å². The van der Waals surface area contributed by atoms with Crippen molar-refractivity contribution >= 4 is 21.6 Å². The lowest BCUT2D eigenvalue weighted by molar-refractivity contribution is 1.25. The van der Waals surface area contributed by atoms with E-state index in [0.717, 1.165) is 0 Å².